The van der Waals surface area contributed by atoms with Gasteiger partial charge in [0.2, 0.25) is 5.88 Å². The first-order valence-electron chi connectivity index (χ1n) is 13.8. The van der Waals surface area contributed by atoms with Gasteiger partial charge in [0, 0.05) is 24.2 Å². The van der Waals surface area contributed by atoms with Gasteiger partial charge < -0.3 is 14.6 Å². The summed E-state index contributed by atoms with van der Waals surface area (Å²) in [5.74, 6) is -0.598. The molecule has 0 radical (unpaired) electrons. The van der Waals surface area contributed by atoms with Crippen molar-refractivity contribution in [3.05, 3.63) is 76.7 Å². The van der Waals surface area contributed by atoms with Gasteiger partial charge in [0.25, 0.3) is 0 Å². The summed E-state index contributed by atoms with van der Waals surface area (Å²) in [6.45, 7) is 7.68. The van der Waals surface area contributed by atoms with Crippen LogP contribution in [0.25, 0.3) is 11.1 Å². The highest BCUT2D eigenvalue weighted by Crippen LogP contribution is 2.40. The van der Waals surface area contributed by atoms with Crippen molar-refractivity contribution in [1.82, 2.24) is 9.88 Å². The van der Waals surface area contributed by atoms with Gasteiger partial charge in [-0.05, 0) is 79.0 Å². The zero-order valence-corrected chi connectivity index (χ0v) is 23.1. The number of benzene rings is 2. The second-order valence-electron chi connectivity index (χ2n) is 11.0. The number of carboxylic acid groups (broad SMARTS) is 1. The molecule has 1 N–H and O–H groups in total. The summed E-state index contributed by atoms with van der Waals surface area (Å²) in [7, 11) is 1.53. The highest BCUT2D eigenvalue weighted by Gasteiger charge is 2.27. The molecule has 6 nitrogen and oxygen atoms in total. The van der Waals surface area contributed by atoms with Crippen LogP contribution in [0.15, 0.2) is 48.7 Å². The maximum atomic E-state index is 15.0. The van der Waals surface area contributed by atoms with E-state index in [0.29, 0.717) is 17.5 Å². The molecule has 7 heteroatoms. The molecule has 0 saturated carbocycles. The zero-order chi connectivity index (χ0) is 27.7. The largest absolute Gasteiger partial charge is 0.485 e. The van der Waals surface area contributed by atoms with E-state index in [9.17, 15) is 14.3 Å². The van der Waals surface area contributed by atoms with Crippen LogP contribution in [0.2, 0.25) is 0 Å². The Hall–Kier alpha value is -3.45. The van der Waals surface area contributed by atoms with Crippen molar-refractivity contribution in [3.8, 4) is 22.8 Å². The molecule has 3 aromatic rings. The van der Waals surface area contributed by atoms with Gasteiger partial charge in [-0.3, -0.25) is 9.69 Å². The molecule has 206 valence electrons. The number of aliphatic carboxylic acids is 1. The molecule has 0 aliphatic carbocycles. The molecule has 1 saturated heterocycles. The van der Waals surface area contributed by atoms with Gasteiger partial charge in [-0.25, -0.2) is 9.37 Å². The standard InChI is InChI=1S/C32H37FN2O4/c1-19-6-5-13-35(19)18-25-14-24(9-11-26(25)27-16-31(38-4)34-17-28(27)33)29-12-10-22-7-8-23(15-30(22)39-29)20(2)21(3)32(36)37/h7-9,11,14-17,19-21,29H,5-6,10,12-13,18H2,1-4H3,(H,36,37)/t19?,20-,21+,29?/m1/s1. The number of halogens is 1. The van der Waals surface area contributed by atoms with E-state index in [2.05, 4.69) is 28.9 Å². The number of ether oxygens (including phenoxy) is 2. The van der Waals surface area contributed by atoms with Gasteiger partial charge >= 0.3 is 5.97 Å². The third kappa shape index (κ3) is 5.64. The summed E-state index contributed by atoms with van der Waals surface area (Å²) in [6.07, 6.45) is 5.12. The van der Waals surface area contributed by atoms with Crippen molar-refractivity contribution < 1.29 is 23.8 Å². The van der Waals surface area contributed by atoms with Crippen molar-refractivity contribution in [1.29, 1.82) is 0 Å². The molecular weight excluding hydrogens is 495 g/mol. The van der Waals surface area contributed by atoms with Gasteiger partial charge in [-0.15, -0.1) is 0 Å². The van der Waals surface area contributed by atoms with Crippen molar-refractivity contribution in [2.45, 2.75) is 71.1 Å². The molecule has 2 unspecified atom stereocenters. The molecule has 2 aromatic carbocycles. The summed E-state index contributed by atoms with van der Waals surface area (Å²) < 4.78 is 26.8. The number of likely N-dealkylation sites (tertiary alicyclic amines) is 1. The quantitative estimate of drug-likeness (QED) is 0.345. The van der Waals surface area contributed by atoms with E-state index in [4.69, 9.17) is 9.47 Å². The minimum Gasteiger partial charge on any atom is -0.485 e. The van der Waals surface area contributed by atoms with Crippen molar-refractivity contribution in [2.75, 3.05) is 13.7 Å². The Bertz CT molecular complexity index is 1360. The Kier molecular flexibility index (Phi) is 7.89. The number of hydrogen-bond acceptors (Lipinski definition) is 5. The molecule has 5 rings (SSSR count). The van der Waals surface area contributed by atoms with E-state index in [1.54, 1.807) is 13.0 Å². The maximum Gasteiger partial charge on any atom is 0.306 e. The van der Waals surface area contributed by atoms with Crippen molar-refractivity contribution >= 4 is 5.97 Å². The minimum atomic E-state index is -0.804. The number of methoxy groups -OCH3 is 1. The second-order valence-corrected chi connectivity index (χ2v) is 11.0. The van der Waals surface area contributed by atoms with E-state index >= 15 is 0 Å². The number of rotatable bonds is 8. The van der Waals surface area contributed by atoms with Gasteiger partial charge in [-0.2, -0.15) is 0 Å². The Morgan fingerprint density at radius 2 is 2.00 bits per heavy atom. The molecular formula is C32H37FN2O4. The van der Waals surface area contributed by atoms with Crippen LogP contribution < -0.4 is 9.47 Å². The average molecular weight is 533 g/mol. The fourth-order valence-electron chi connectivity index (χ4n) is 5.80. The van der Waals surface area contributed by atoms with Crippen molar-refractivity contribution in [2.24, 2.45) is 5.92 Å². The number of aryl methyl sites for hydroxylation is 1. The normalized spacial score (nSPS) is 20.6. The van der Waals surface area contributed by atoms with Gasteiger partial charge in [0.05, 0.1) is 19.2 Å². The highest BCUT2D eigenvalue weighted by molar-refractivity contribution is 5.71. The first-order chi connectivity index (χ1) is 18.7. The maximum absolute atomic E-state index is 15.0. The van der Waals surface area contributed by atoms with Crippen LogP contribution >= 0.6 is 0 Å². The lowest BCUT2D eigenvalue weighted by atomic mass is 9.87. The zero-order valence-electron chi connectivity index (χ0n) is 23.1. The third-order valence-corrected chi connectivity index (χ3v) is 8.60. The minimum absolute atomic E-state index is 0.127. The third-order valence-electron chi connectivity index (χ3n) is 8.60. The Balaban J connectivity index is 1.47. The van der Waals surface area contributed by atoms with Crippen molar-refractivity contribution in [3.63, 3.8) is 0 Å². The molecule has 2 aliphatic heterocycles. The lowest BCUT2D eigenvalue weighted by Gasteiger charge is -2.29. The number of carbonyl (C=O) groups is 1. The SMILES string of the molecule is COc1cc(-c2ccc(C3CCc4ccc([C@H](C)[C@H](C)C(=O)O)cc4O3)cc2CN2CCCC2C)c(F)cn1. The number of hydrogen-bond donors (Lipinski definition) is 1. The fraction of sp³-hybridized carbons (Fsp3) is 0.438. The molecule has 4 atom stereocenters. The average Bonchev–Trinajstić information content (AvgIpc) is 3.35. The van der Waals surface area contributed by atoms with Crippen LogP contribution in [-0.2, 0) is 17.8 Å². The number of fused-ring (bicyclic) bond motifs is 1. The molecule has 1 aromatic heterocycles. The van der Waals surface area contributed by atoms with Gasteiger partial charge in [-0.1, -0.05) is 44.2 Å². The summed E-state index contributed by atoms with van der Waals surface area (Å²) >= 11 is 0. The number of pyridine rings is 1. The van der Waals surface area contributed by atoms with Gasteiger partial charge in [0.1, 0.15) is 17.7 Å². The molecule has 1 fully saturated rings. The van der Waals surface area contributed by atoms with Crippen LogP contribution in [0.5, 0.6) is 11.6 Å². The number of nitrogens with zero attached hydrogens (tertiary/aromatic N) is 2. The molecule has 0 spiro atoms. The number of carboxylic acids is 1. The fourth-order valence-corrected chi connectivity index (χ4v) is 5.80. The summed E-state index contributed by atoms with van der Waals surface area (Å²) in [4.78, 5) is 18.0. The van der Waals surface area contributed by atoms with E-state index < -0.39 is 11.9 Å². The Labute approximate surface area is 229 Å². The van der Waals surface area contributed by atoms with Crippen LogP contribution in [0, 0.1) is 11.7 Å². The second kappa shape index (κ2) is 11.3. The molecule has 2 aliphatic rings. The summed E-state index contributed by atoms with van der Waals surface area (Å²) in [5, 5.41) is 9.47. The molecule has 3 heterocycles. The first kappa shape index (κ1) is 27.1. The summed E-state index contributed by atoms with van der Waals surface area (Å²) in [6, 6.07) is 14.4. The van der Waals surface area contributed by atoms with Crippen LogP contribution in [0.1, 0.15) is 74.3 Å². The van der Waals surface area contributed by atoms with Crippen LogP contribution in [0.4, 0.5) is 4.39 Å². The predicted molar refractivity (Wildman–Crippen MR) is 149 cm³/mol. The van der Waals surface area contributed by atoms with Crippen LogP contribution in [0.3, 0.4) is 0 Å². The molecule has 0 amide bonds. The van der Waals surface area contributed by atoms with E-state index in [1.807, 2.05) is 31.2 Å². The van der Waals surface area contributed by atoms with Crippen LogP contribution in [-0.4, -0.2) is 40.7 Å². The number of aromatic nitrogens is 1. The lowest BCUT2D eigenvalue weighted by molar-refractivity contribution is -0.141. The molecule has 39 heavy (non-hydrogen) atoms. The van der Waals surface area contributed by atoms with E-state index in [1.165, 1.54) is 13.3 Å². The summed E-state index contributed by atoms with van der Waals surface area (Å²) in [5.41, 5.74) is 5.54. The highest BCUT2D eigenvalue weighted by atomic mass is 19.1. The Morgan fingerprint density at radius 3 is 2.72 bits per heavy atom. The predicted octanol–water partition coefficient (Wildman–Crippen LogP) is 6.77. The van der Waals surface area contributed by atoms with Gasteiger partial charge in [0.15, 0.2) is 0 Å². The first-order valence-corrected chi connectivity index (χ1v) is 13.8. The van der Waals surface area contributed by atoms with E-state index in [-0.39, 0.29) is 17.8 Å². The van der Waals surface area contributed by atoms with E-state index in [0.717, 1.165) is 72.3 Å². The smallest absolute Gasteiger partial charge is 0.306 e. The Morgan fingerprint density at radius 1 is 1.18 bits per heavy atom. The topological polar surface area (TPSA) is 71.9 Å². The monoisotopic (exact) mass is 532 g/mol. The lowest BCUT2D eigenvalue weighted by Crippen LogP contribution is -2.26. The molecule has 0 bridgehead atoms.